The van der Waals surface area contributed by atoms with Gasteiger partial charge < -0.3 is 4.74 Å². The molecule has 1 nitrogen and oxygen atoms in total. The average Bonchev–Trinajstić information content (AvgIpc) is 2.48. The average molecular weight is 227 g/mol. The molecule has 14 heavy (non-hydrogen) atoms. The van der Waals surface area contributed by atoms with Crippen LogP contribution in [0.15, 0.2) is 18.2 Å². The highest BCUT2D eigenvalue weighted by atomic mass is 35.5. The van der Waals surface area contributed by atoms with Crippen LogP contribution in [0, 0.1) is 6.92 Å². The molecule has 0 amide bonds. The normalized spacial score (nSPS) is 10.8. The Hall–Kier alpha value is -0.730. The summed E-state index contributed by atoms with van der Waals surface area (Å²) in [4.78, 5) is 0. The predicted octanol–water partition coefficient (Wildman–Crippen LogP) is 4.26. The van der Waals surface area contributed by atoms with Crippen molar-refractivity contribution in [3.05, 3.63) is 28.8 Å². The van der Waals surface area contributed by atoms with E-state index in [0.717, 1.165) is 10.1 Å². The zero-order valence-electron chi connectivity index (χ0n) is 8.13. The van der Waals surface area contributed by atoms with Crippen LogP contribution >= 0.6 is 22.9 Å². The molecule has 1 heterocycles. The van der Waals surface area contributed by atoms with Crippen LogP contribution in [0.5, 0.6) is 5.06 Å². The Morgan fingerprint density at radius 1 is 1.36 bits per heavy atom. The predicted molar refractivity (Wildman–Crippen MR) is 62.7 cm³/mol. The molecule has 0 aliphatic rings. The third kappa shape index (κ3) is 1.72. The Morgan fingerprint density at radius 2 is 2.14 bits per heavy atom. The SMILES string of the molecule is CCOc1cc2cc(Cl)cc(C)c2s1. The Bertz CT molecular complexity index is 462. The highest BCUT2D eigenvalue weighted by Gasteiger charge is 2.05. The minimum Gasteiger partial charge on any atom is -0.484 e. The fraction of sp³-hybridized carbons (Fsp3) is 0.273. The third-order valence-corrected chi connectivity index (χ3v) is 3.45. The second-order valence-corrected chi connectivity index (χ2v) is 4.59. The van der Waals surface area contributed by atoms with E-state index in [1.807, 2.05) is 25.1 Å². The summed E-state index contributed by atoms with van der Waals surface area (Å²) in [6.45, 7) is 4.77. The van der Waals surface area contributed by atoms with Gasteiger partial charge >= 0.3 is 0 Å². The van der Waals surface area contributed by atoms with Crippen LogP contribution < -0.4 is 4.74 Å². The first-order valence-electron chi connectivity index (χ1n) is 4.53. The molecular weight excluding hydrogens is 216 g/mol. The van der Waals surface area contributed by atoms with E-state index in [0.29, 0.717) is 6.61 Å². The molecule has 3 heteroatoms. The standard InChI is InChI=1S/C11H11ClOS/c1-3-13-10-6-8-5-9(12)4-7(2)11(8)14-10/h4-6H,3H2,1-2H3. The van der Waals surface area contributed by atoms with Crippen molar-refractivity contribution in [2.24, 2.45) is 0 Å². The lowest BCUT2D eigenvalue weighted by molar-refractivity contribution is 0.350. The molecule has 2 rings (SSSR count). The van der Waals surface area contributed by atoms with Gasteiger partial charge in [0.25, 0.3) is 0 Å². The van der Waals surface area contributed by atoms with Crippen molar-refractivity contribution < 1.29 is 4.74 Å². The van der Waals surface area contributed by atoms with E-state index < -0.39 is 0 Å². The summed E-state index contributed by atoms with van der Waals surface area (Å²) >= 11 is 7.65. The summed E-state index contributed by atoms with van der Waals surface area (Å²) in [6.07, 6.45) is 0. The maximum Gasteiger partial charge on any atom is 0.174 e. The molecule has 0 radical (unpaired) electrons. The van der Waals surface area contributed by atoms with Gasteiger partial charge in [-0.1, -0.05) is 22.9 Å². The molecule has 0 unspecified atom stereocenters. The third-order valence-electron chi connectivity index (χ3n) is 2.03. The van der Waals surface area contributed by atoms with E-state index in [-0.39, 0.29) is 0 Å². The first-order chi connectivity index (χ1) is 6.70. The highest BCUT2D eigenvalue weighted by molar-refractivity contribution is 7.21. The number of halogens is 1. The van der Waals surface area contributed by atoms with Gasteiger partial charge in [0.2, 0.25) is 0 Å². The van der Waals surface area contributed by atoms with Crippen molar-refractivity contribution in [2.45, 2.75) is 13.8 Å². The van der Waals surface area contributed by atoms with Crippen LogP contribution in [0.1, 0.15) is 12.5 Å². The maximum absolute atomic E-state index is 5.97. The first kappa shape index (κ1) is 9.81. The smallest absolute Gasteiger partial charge is 0.174 e. The molecule has 0 saturated carbocycles. The molecule has 74 valence electrons. The van der Waals surface area contributed by atoms with Crippen LogP contribution in [0.4, 0.5) is 0 Å². The van der Waals surface area contributed by atoms with Gasteiger partial charge in [0.05, 0.1) is 6.61 Å². The Balaban J connectivity index is 2.58. The van der Waals surface area contributed by atoms with Crippen molar-refractivity contribution in [1.29, 1.82) is 0 Å². The van der Waals surface area contributed by atoms with Crippen molar-refractivity contribution in [1.82, 2.24) is 0 Å². The second-order valence-electron chi connectivity index (χ2n) is 3.14. The van der Waals surface area contributed by atoms with Gasteiger partial charge in [-0.2, -0.15) is 0 Å². The summed E-state index contributed by atoms with van der Waals surface area (Å²) in [5, 5.41) is 2.92. The fourth-order valence-electron chi connectivity index (χ4n) is 1.47. The Labute approximate surface area is 92.3 Å². The molecule has 0 spiro atoms. The molecule has 1 aromatic carbocycles. The van der Waals surface area contributed by atoms with Gasteiger partial charge in [0, 0.05) is 9.72 Å². The minimum atomic E-state index is 0.708. The van der Waals surface area contributed by atoms with Crippen LogP contribution in [0.3, 0.4) is 0 Å². The van der Waals surface area contributed by atoms with E-state index in [1.165, 1.54) is 15.6 Å². The molecule has 2 aromatic rings. The van der Waals surface area contributed by atoms with Crippen molar-refractivity contribution in [2.75, 3.05) is 6.61 Å². The van der Waals surface area contributed by atoms with Crippen LogP contribution in [0.25, 0.3) is 10.1 Å². The Kier molecular flexibility index (Phi) is 2.66. The molecule has 1 aromatic heterocycles. The number of ether oxygens (including phenoxy) is 1. The number of rotatable bonds is 2. The van der Waals surface area contributed by atoms with Crippen LogP contribution in [-0.2, 0) is 0 Å². The summed E-state index contributed by atoms with van der Waals surface area (Å²) in [7, 11) is 0. The second kappa shape index (κ2) is 3.79. The molecule has 0 N–H and O–H groups in total. The van der Waals surface area contributed by atoms with Gasteiger partial charge in [-0.05, 0) is 43.0 Å². The fourth-order valence-corrected chi connectivity index (χ4v) is 2.77. The Morgan fingerprint density at radius 3 is 2.86 bits per heavy atom. The monoisotopic (exact) mass is 226 g/mol. The molecule has 0 saturated heterocycles. The van der Waals surface area contributed by atoms with Crippen LogP contribution in [0.2, 0.25) is 5.02 Å². The number of thiophene rings is 1. The molecule has 0 aliphatic heterocycles. The molecular formula is C11H11ClOS. The summed E-state index contributed by atoms with van der Waals surface area (Å²) in [5.74, 6) is 0. The van der Waals surface area contributed by atoms with Gasteiger partial charge in [0.1, 0.15) is 0 Å². The number of hydrogen-bond donors (Lipinski definition) is 0. The van der Waals surface area contributed by atoms with E-state index in [2.05, 4.69) is 6.92 Å². The zero-order valence-corrected chi connectivity index (χ0v) is 9.71. The van der Waals surface area contributed by atoms with E-state index in [1.54, 1.807) is 11.3 Å². The zero-order chi connectivity index (χ0) is 10.1. The lowest BCUT2D eigenvalue weighted by Crippen LogP contribution is -1.86. The van der Waals surface area contributed by atoms with Crippen molar-refractivity contribution in [3.63, 3.8) is 0 Å². The molecule has 0 aliphatic carbocycles. The number of fused-ring (bicyclic) bond motifs is 1. The van der Waals surface area contributed by atoms with Gasteiger partial charge in [-0.3, -0.25) is 0 Å². The van der Waals surface area contributed by atoms with Crippen molar-refractivity contribution >= 4 is 33.0 Å². The molecule has 0 fully saturated rings. The quantitative estimate of drug-likeness (QED) is 0.744. The largest absolute Gasteiger partial charge is 0.484 e. The summed E-state index contributed by atoms with van der Waals surface area (Å²) in [6, 6.07) is 6.00. The lowest BCUT2D eigenvalue weighted by atomic mass is 10.2. The topological polar surface area (TPSA) is 9.23 Å². The van der Waals surface area contributed by atoms with E-state index >= 15 is 0 Å². The van der Waals surface area contributed by atoms with Gasteiger partial charge in [0.15, 0.2) is 5.06 Å². The van der Waals surface area contributed by atoms with E-state index in [9.17, 15) is 0 Å². The first-order valence-corrected chi connectivity index (χ1v) is 5.72. The van der Waals surface area contributed by atoms with E-state index in [4.69, 9.17) is 16.3 Å². The van der Waals surface area contributed by atoms with Crippen LogP contribution in [-0.4, -0.2) is 6.61 Å². The number of hydrogen-bond acceptors (Lipinski definition) is 2. The molecule has 0 bridgehead atoms. The van der Waals surface area contributed by atoms with Gasteiger partial charge in [-0.25, -0.2) is 0 Å². The number of aryl methyl sites for hydroxylation is 1. The summed E-state index contributed by atoms with van der Waals surface area (Å²) in [5.41, 5.74) is 1.21. The van der Waals surface area contributed by atoms with Crippen molar-refractivity contribution in [3.8, 4) is 5.06 Å². The minimum absolute atomic E-state index is 0.708. The number of benzene rings is 1. The summed E-state index contributed by atoms with van der Waals surface area (Å²) < 4.78 is 6.72. The van der Waals surface area contributed by atoms with Gasteiger partial charge in [-0.15, -0.1) is 0 Å². The maximum atomic E-state index is 5.97. The molecule has 0 atom stereocenters. The lowest BCUT2D eigenvalue weighted by Gasteiger charge is -1.95. The highest BCUT2D eigenvalue weighted by Crippen LogP contribution is 2.35.